The van der Waals surface area contributed by atoms with Gasteiger partial charge in [0.15, 0.2) is 11.0 Å². The van der Waals surface area contributed by atoms with Crippen LogP contribution in [0.5, 0.6) is 5.75 Å². The maximum atomic E-state index is 13.5. The second kappa shape index (κ2) is 8.87. The van der Waals surface area contributed by atoms with Crippen molar-refractivity contribution in [2.75, 3.05) is 6.61 Å². The van der Waals surface area contributed by atoms with Gasteiger partial charge in [0, 0.05) is 29.4 Å². The molecule has 0 aliphatic carbocycles. The average Bonchev–Trinajstić information content (AvgIpc) is 3.18. The predicted octanol–water partition coefficient (Wildman–Crippen LogP) is 5.16. The van der Waals surface area contributed by atoms with E-state index in [9.17, 15) is 4.39 Å². The first-order valence-electron chi connectivity index (χ1n) is 9.21. The molecule has 5 nitrogen and oxygen atoms in total. The van der Waals surface area contributed by atoms with Crippen LogP contribution in [0.2, 0.25) is 0 Å². The summed E-state index contributed by atoms with van der Waals surface area (Å²) in [4.78, 5) is 4.08. The summed E-state index contributed by atoms with van der Waals surface area (Å²) in [6, 6.07) is 18.2. The fourth-order valence-electron chi connectivity index (χ4n) is 2.92. The number of ether oxygens (including phenoxy) is 1. The van der Waals surface area contributed by atoms with Crippen molar-refractivity contribution in [1.82, 2.24) is 19.7 Å². The molecule has 2 heterocycles. The van der Waals surface area contributed by atoms with Crippen molar-refractivity contribution in [2.45, 2.75) is 17.8 Å². The predicted molar refractivity (Wildman–Crippen MR) is 112 cm³/mol. The number of thioether (sulfide) groups is 1. The van der Waals surface area contributed by atoms with Gasteiger partial charge in [0.2, 0.25) is 0 Å². The van der Waals surface area contributed by atoms with E-state index in [1.54, 1.807) is 18.5 Å². The van der Waals surface area contributed by atoms with E-state index < -0.39 is 0 Å². The molecule has 0 radical (unpaired) electrons. The molecule has 7 heteroatoms. The third-order valence-electron chi connectivity index (χ3n) is 4.23. The Balaban J connectivity index is 1.70. The fraction of sp³-hybridized carbons (Fsp3) is 0.136. The molecule has 0 saturated carbocycles. The van der Waals surface area contributed by atoms with E-state index >= 15 is 0 Å². The minimum absolute atomic E-state index is 0.242. The van der Waals surface area contributed by atoms with Crippen molar-refractivity contribution >= 4 is 11.8 Å². The second-order valence-corrected chi connectivity index (χ2v) is 7.17. The Morgan fingerprint density at radius 3 is 2.52 bits per heavy atom. The Hall–Kier alpha value is -3.19. The summed E-state index contributed by atoms with van der Waals surface area (Å²) in [6.45, 7) is 2.57. The van der Waals surface area contributed by atoms with E-state index in [-0.39, 0.29) is 5.82 Å². The maximum Gasteiger partial charge on any atom is 0.196 e. The molecular formula is C22H19FN4OS. The normalized spacial score (nSPS) is 10.8. The molecule has 0 atom stereocenters. The number of hydrogen-bond acceptors (Lipinski definition) is 5. The van der Waals surface area contributed by atoms with Gasteiger partial charge < -0.3 is 4.74 Å². The highest BCUT2D eigenvalue weighted by Gasteiger charge is 2.16. The van der Waals surface area contributed by atoms with E-state index in [0.717, 1.165) is 33.5 Å². The molecule has 0 spiro atoms. The molecule has 0 N–H and O–H groups in total. The minimum atomic E-state index is -0.242. The standard InChI is InChI=1S/C22H19FN4OS/c1-2-28-20-8-6-19(7-9-20)27-21(17-10-12-24-13-11-17)25-26-22(27)29-15-16-4-3-5-18(23)14-16/h3-14H,2,15H2,1H3. The van der Waals surface area contributed by atoms with Crippen LogP contribution in [0.25, 0.3) is 17.1 Å². The highest BCUT2D eigenvalue weighted by atomic mass is 32.2. The van der Waals surface area contributed by atoms with E-state index in [1.807, 2.05) is 54.0 Å². The summed E-state index contributed by atoms with van der Waals surface area (Å²) in [6.07, 6.45) is 3.46. The molecule has 0 fully saturated rings. The Labute approximate surface area is 172 Å². The summed E-state index contributed by atoms with van der Waals surface area (Å²) >= 11 is 1.51. The largest absolute Gasteiger partial charge is 0.494 e. The topological polar surface area (TPSA) is 52.8 Å². The average molecular weight is 406 g/mol. The van der Waals surface area contributed by atoms with E-state index in [2.05, 4.69) is 15.2 Å². The molecular weight excluding hydrogens is 387 g/mol. The van der Waals surface area contributed by atoms with Crippen LogP contribution in [0.3, 0.4) is 0 Å². The molecule has 2 aromatic carbocycles. The monoisotopic (exact) mass is 406 g/mol. The van der Waals surface area contributed by atoms with E-state index in [0.29, 0.717) is 12.4 Å². The summed E-state index contributed by atoms with van der Waals surface area (Å²) in [5.41, 5.74) is 2.73. The smallest absolute Gasteiger partial charge is 0.196 e. The zero-order valence-electron chi connectivity index (χ0n) is 15.8. The summed E-state index contributed by atoms with van der Waals surface area (Å²) in [5, 5.41) is 9.53. The van der Waals surface area contributed by atoms with Gasteiger partial charge in [-0.3, -0.25) is 9.55 Å². The van der Waals surface area contributed by atoms with Gasteiger partial charge in [-0.1, -0.05) is 23.9 Å². The van der Waals surface area contributed by atoms with Crippen molar-refractivity contribution < 1.29 is 9.13 Å². The van der Waals surface area contributed by atoms with Crippen LogP contribution in [0.1, 0.15) is 12.5 Å². The zero-order chi connectivity index (χ0) is 20.1. The van der Waals surface area contributed by atoms with Gasteiger partial charge in [-0.15, -0.1) is 10.2 Å². The van der Waals surface area contributed by atoms with Crippen molar-refractivity contribution in [2.24, 2.45) is 0 Å². The van der Waals surface area contributed by atoms with Crippen molar-refractivity contribution in [1.29, 1.82) is 0 Å². The molecule has 0 bridgehead atoms. The first kappa shape index (κ1) is 19.1. The first-order chi connectivity index (χ1) is 14.2. The van der Waals surface area contributed by atoms with Crippen LogP contribution >= 0.6 is 11.8 Å². The SMILES string of the molecule is CCOc1ccc(-n2c(SCc3cccc(F)c3)nnc2-c2ccncc2)cc1. The van der Waals surface area contributed by atoms with Crippen molar-refractivity contribution in [3.05, 3.63) is 84.4 Å². The zero-order valence-corrected chi connectivity index (χ0v) is 16.6. The molecule has 0 aliphatic rings. The second-order valence-electron chi connectivity index (χ2n) is 6.22. The quantitative estimate of drug-likeness (QED) is 0.397. The molecule has 0 saturated heterocycles. The Morgan fingerprint density at radius 1 is 1.00 bits per heavy atom. The van der Waals surface area contributed by atoms with Crippen LogP contribution in [0.4, 0.5) is 4.39 Å². The summed E-state index contributed by atoms with van der Waals surface area (Å²) in [7, 11) is 0. The molecule has 4 rings (SSSR count). The van der Waals surface area contributed by atoms with E-state index in [4.69, 9.17) is 4.74 Å². The number of hydrogen-bond donors (Lipinski definition) is 0. The van der Waals surface area contributed by atoms with Gasteiger partial charge in [0.05, 0.1) is 6.61 Å². The molecule has 146 valence electrons. The third-order valence-corrected chi connectivity index (χ3v) is 5.23. The van der Waals surface area contributed by atoms with Gasteiger partial charge in [-0.05, 0) is 61.0 Å². The van der Waals surface area contributed by atoms with E-state index in [1.165, 1.54) is 23.9 Å². The van der Waals surface area contributed by atoms with Gasteiger partial charge in [-0.25, -0.2) is 4.39 Å². The van der Waals surface area contributed by atoms with Crippen LogP contribution in [0.15, 0.2) is 78.2 Å². The highest BCUT2D eigenvalue weighted by Crippen LogP contribution is 2.30. The highest BCUT2D eigenvalue weighted by molar-refractivity contribution is 7.98. The minimum Gasteiger partial charge on any atom is -0.494 e. The maximum absolute atomic E-state index is 13.5. The van der Waals surface area contributed by atoms with Crippen molar-refractivity contribution in [3.63, 3.8) is 0 Å². The van der Waals surface area contributed by atoms with Gasteiger partial charge >= 0.3 is 0 Å². The molecule has 0 unspecified atom stereocenters. The molecule has 4 aromatic rings. The Bertz CT molecular complexity index is 1080. The van der Waals surface area contributed by atoms with Gasteiger partial charge in [-0.2, -0.15) is 0 Å². The Morgan fingerprint density at radius 2 is 1.79 bits per heavy atom. The van der Waals surface area contributed by atoms with Crippen molar-refractivity contribution in [3.8, 4) is 22.8 Å². The summed E-state index contributed by atoms with van der Waals surface area (Å²) < 4.78 is 21.0. The molecule has 2 aromatic heterocycles. The lowest BCUT2D eigenvalue weighted by molar-refractivity contribution is 0.340. The van der Waals surface area contributed by atoms with Crippen LogP contribution in [0, 0.1) is 5.82 Å². The number of nitrogens with zero attached hydrogens (tertiary/aromatic N) is 4. The number of halogens is 1. The third kappa shape index (κ3) is 4.46. The lowest BCUT2D eigenvalue weighted by Crippen LogP contribution is -2.00. The number of aromatic nitrogens is 4. The molecule has 0 amide bonds. The molecule has 29 heavy (non-hydrogen) atoms. The lowest BCUT2D eigenvalue weighted by Gasteiger charge is -2.11. The Kier molecular flexibility index (Phi) is 5.86. The van der Waals surface area contributed by atoms with Crippen LogP contribution in [-0.4, -0.2) is 26.4 Å². The fourth-order valence-corrected chi connectivity index (χ4v) is 3.81. The number of benzene rings is 2. The number of rotatable bonds is 7. The first-order valence-corrected chi connectivity index (χ1v) is 10.2. The summed E-state index contributed by atoms with van der Waals surface area (Å²) in [5.74, 6) is 1.87. The number of pyridine rings is 1. The molecule has 0 aliphatic heterocycles. The van der Waals surface area contributed by atoms with Gasteiger partial charge in [0.1, 0.15) is 11.6 Å². The van der Waals surface area contributed by atoms with Gasteiger partial charge in [0.25, 0.3) is 0 Å². The lowest BCUT2D eigenvalue weighted by atomic mass is 10.2. The van der Waals surface area contributed by atoms with Crippen LogP contribution < -0.4 is 4.74 Å². The van der Waals surface area contributed by atoms with Crippen LogP contribution in [-0.2, 0) is 5.75 Å².